The maximum Gasteiger partial charge on any atom is 0.223 e. The van der Waals surface area contributed by atoms with Crippen molar-refractivity contribution in [3.05, 3.63) is 0 Å². The molecule has 4 nitrogen and oxygen atoms in total. The predicted molar refractivity (Wildman–Crippen MR) is 35.4 cm³/mol. The third-order valence-corrected chi connectivity index (χ3v) is 1.94. The van der Waals surface area contributed by atoms with Gasteiger partial charge in [0.25, 0.3) is 0 Å². The van der Waals surface area contributed by atoms with Gasteiger partial charge in [0.2, 0.25) is 5.91 Å². The number of likely N-dealkylation sites (N-methyl/N-ethyl adjacent to an activating group) is 1. The van der Waals surface area contributed by atoms with Gasteiger partial charge in [0.05, 0.1) is 12.0 Å². The number of carboxylic acid groups (broad SMARTS) is 1. The lowest BCUT2D eigenvalue weighted by atomic mass is 10.2. The van der Waals surface area contributed by atoms with Crippen LogP contribution in [0.5, 0.6) is 0 Å². The number of hydrogen-bond donors (Lipinski definition) is 0. The Labute approximate surface area is 64.8 Å². The molecule has 0 aromatic heterocycles. The second-order valence-electron chi connectivity index (χ2n) is 2.55. The topological polar surface area (TPSA) is 60.4 Å². The summed E-state index contributed by atoms with van der Waals surface area (Å²) in [7, 11) is 0. The molecular weight excluding hydrogens is 146 g/mol. The van der Waals surface area contributed by atoms with Crippen LogP contribution in [0.25, 0.3) is 0 Å². The Morgan fingerprint density at radius 1 is 1.82 bits per heavy atom. The molecule has 0 N–H and O–H groups in total. The van der Waals surface area contributed by atoms with Gasteiger partial charge < -0.3 is 14.8 Å². The lowest BCUT2D eigenvalue weighted by Crippen LogP contribution is -2.45. The van der Waals surface area contributed by atoms with E-state index in [1.807, 2.05) is 0 Å². The molecule has 1 rings (SSSR count). The molecule has 0 bridgehead atoms. The number of carboxylic acids is 1. The lowest BCUT2D eigenvalue weighted by Gasteiger charge is -2.23. The normalized spacial score (nSPS) is 24.3. The van der Waals surface area contributed by atoms with E-state index in [2.05, 4.69) is 0 Å². The van der Waals surface area contributed by atoms with Crippen LogP contribution in [-0.2, 0) is 9.59 Å². The Bertz CT molecular complexity index is 190. The van der Waals surface area contributed by atoms with Crippen molar-refractivity contribution in [2.24, 2.45) is 0 Å². The van der Waals surface area contributed by atoms with Crippen molar-refractivity contribution < 1.29 is 14.7 Å². The van der Waals surface area contributed by atoms with Crippen molar-refractivity contribution in [1.82, 2.24) is 4.90 Å². The zero-order chi connectivity index (χ0) is 8.43. The molecule has 11 heavy (non-hydrogen) atoms. The second-order valence-corrected chi connectivity index (χ2v) is 2.55. The van der Waals surface area contributed by atoms with E-state index in [-0.39, 0.29) is 5.91 Å². The summed E-state index contributed by atoms with van der Waals surface area (Å²) in [5.41, 5.74) is 0. The van der Waals surface area contributed by atoms with Crippen molar-refractivity contribution in [2.75, 3.05) is 6.54 Å². The van der Waals surface area contributed by atoms with E-state index in [1.165, 1.54) is 4.90 Å². The number of rotatable bonds is 2. The Balaban J connectivity index is 2.68. The maximum atomic E-state index is 11.0. The number of nitrogens with zero attached hydrogens (tertiary/aromatic N) is 1. The molecule has 62 valence electrons. The van der Waals surface area contributed by atoms with Crippen LogP contribution in [0.4, 0.5) is 0 Å². The van der Waals surface area contributed by atoms with Gasteiger partial charge in [-0.2, -0.15) is 0 Å². The summed E-state index contributed by atoms with van der Waals surface area (Å²) in [6.07, 6.45) is 0.738. The first kappa shape index (κ1) is 8.04. The van der Waals surface area contributed by atoms with E-state index in [9.17, 15) is 14.7 Å². The summed E-state index contributed by atoms with van der Waals surface area (Å²) in [5.74, 6) is -1.22. The van der Waals surface area contributed by atoms with Crippen LogP contribution in [0, 0.1) is 0 Å². The molecule has 1 amide bonds. The van der Waals surface area contributed by atoms with E-state index in [0.29, 0.717) is 19.4 Å². The fraction of sp³-hybridized carbons (Fsp3) is 0.714. The molecule has 0 spiro atoms. The molecule has 0 radical (unpaired) electrons. The fourth-order valence-corrected chi connectivity index (χ4v) is 1.38. The van der Waals surface area contributed by atoms with E-state index in [0.717, 1.165) is 0 Å². The highest BCUT2D eigenvalue weighted by Crippen LogP contribution is 2.16. The summed E-state index contributed by atoms with van der Waals surface area (Å²) in [5, 5.41) is 10.4. The number of aliphatic carboxylic acids is 1. The van der Waals surface area contributed by atoms with E-state index >= 15 is 0 Å². The first-order chi connectivity index (χ1) is 5.16. The number of amides is 1. The summed E-state index contributed by atoms with van der Waals surface area (Å²) in [6.45, 7) is 2.22. The molecule has 0 aromatic carbocycles. The molecule has 1 saturated heterocycles. The molecule has 0 unspecified atom stereocenters. The Morgan fingerprint density at radius 2 is 2.45 bits per heavy atom. The highest BCUT2D eigenvalue weighted by atomic mass is 16.4. The van der Waals surface area contributed by atoms with Crippen LogP contribution in [0.3, 0.4) is 0 Å². The van der Waals surface area contributed by atoms with Crippen LogP contribution in [-0.4, -0.2) is 29.4 Å². The van der Waals surface area contributed by atoms with E-state index in [1.54, 1.807) is 6.92 Å². The third-order valence-electron chi connectivity index (χ3n) is 1.94. The van der Waals surface area contributed by atoms with Crippen LogP contribution in [0.1, 0.15) is 19.8 Å². The van der Waals surface area contributed by atoms with Crippen molar-refractivity contribution >= 4 is 11.9 Å². The molecule has 1 fully saturated rings. The van der Waals surface area contributed by atoms with E-state index < -0.39 is 12.0 Å². The zero-order valence-electron chi connectivity index (χ0n) is 6.37. The van der Waals surface area contributed by atoms with Crippen LogP contribution in [0.15, 0.2) is 0 Å². The van der Waals surface area contributed by atoms with Crippen LogP contribution < -0.4 is 5.11 Å². The predicted octanol–water partition coefficient (Wildman–Crippen LogP) is -1.25. The number of carbonyl (C=O) groups is 2. The Hall–Kier alpha value is -1.06. The SMILES string of the molecule is CCN1C(=O)CC[C@@H]1C(=O)[O-]. The quantitative estimate of drug-likeness (QED) is 0.501. The van der Waals surface area contributed by atoms with Gasteiger partial charge in [0.1, 0.15) is 0 Å². The highest BCUT2D eigenvalue weighted by Gasteiger charge is 2.29. The molecule has 0 aliphatic carbocycles. The summed E-state index contributed by atoms with van der Waals surface area (Å²) < 4.78 is 0. The monoisotopic (exact) mass is 156 g/mol. The second kappa shape index (κ2) is 2.90. The molecule has 1 aliphatic rings. The van der Waals surface area contributed by atoms with Gasteiger partial charge in [-0.1, -0.05) is 0 Å². The van der Waals surface area contributed by atoms with Crippen molar-refractivity contribution in [3.63, 3.8) is 0 Å². The lowest BCUT2D eigenvalue weighted by molar-refractivity contribution is -0.310. The van der Waals surface area contributed by atoms with Gasteiger partial charge in [-0.05, 0) is 13.3 Å². The third kappa shape index (κ3) is 1.34. The summed E-state index contributed by atoms with van der Waals surface area (Å²) in [6, 6.07) is -0.688. The Kier molecular flexibility index (Phi) is 2.12. The standard InChI is InChI=1S/C7H11NO3/c1-2-8-5(7(10)11)3-4-6(8)9/h5H,2-4H2,1H3,(H,10,11)/p-1/t5-/m1/s1. The molecular formula is C7H10NO3-. The van der Waals surface area contributed by atoms with Crippen molar-refractivity contribution in [2.45, 2.75) is 25.8 Å². The van der Waals surface area contributed by atoms with Gasteiger partial charge >= 0.3 is 0 Å². The largest absolute Gasteiger partial charge is 0.548 e. The minimum atomic E-state index is -1.14. The molecule has 0 saturated carbocycles. The van der Waals surface area contributed by atoms with Gasteiger partial charge in [0.15, 0.2) is 0 Å². The Morgan fingerprint density at radius 3 is 2.82 bits per heavy atom. The number of likely N-dealkylation sites (tertiary alicyclic amines) is 1. The van der Waals surface area contributed by atoms with Crippen molar-refractivity contribution in [3.8, 4) is 0 Å². The highest BCUT2D eigenvalue weighted by molar-refractivity contribution is 5.86. The minimum Gasteiger partial charge on any atom is -0.548 e. The number of carbonyl (C=O) groups excluding carboxylic acids is 2. The molecule has 1 aliphatic heterocycles. The van der Waals surface area contributed by atoms with E-state index in [4.69, 9.17) is 0 Å². The molecule has 0 aromatic rings. The summed E-state index contributed by atoms with van der Waals surface area (Å²) in [4.78, 5) is 22.7. The first-order valence-corrected chi connectivity index (χ1v) is 3.67. The van der Waals surface area contributed by atoms with Crippen LogP contribution in [0.2, 0.25) is 0 Å². The molecule has 1 heterocycles. The van der Waals surface area contributed by atoms with Gasteiger partial charge in [-0.15, -0.1) is 0 Å². The van der Waals surface area contributed by atoms with Gasteiger partial charge in [-0.3, -0.25) is 4.79 Å². The number of hydrogen-bond acceptors (Lipinski definition) is 3. The molecule has 4 heteroatoms. The van der Waals surface area contributed by atoms with Gasteiger partial charge in [0, 0.05) is 13.0 Å². The van der Waals surface area contributed by atoms with Crippen molar-refractivity contribution in [1.29, 1.82) is 0 Å². The average Bonchev–Trinajstić information content (AvgIpc) is 2.30. The first-order valence-electron chi connectivity index (χ1n) is 3.67. The average molecular weight is 156 g/mol. The minimum absolute atomic E-state index is 0.0818. The van der Waals surface area contributed by atoms with Gasteiger partial charge in [-0.25, -0.2) is 0 Å². The summed E-state index contributed by atoms with van der Waals surface area (Å²) >= 11 is 0. The smallest absolute Gasteiger partial charge is 0.223 e. The van der Waals surface area contributed by atoms with Crippen LogP contribution >= 0.6 is 0 Å². The zero-order valence-corrected chi connectivity index (χ0v) is 6.37. The fourth-order valence-electron chi connectivity index (χ4n) is 1.38. The maximum absolute atomic E-state index is 11.0. The molecule has 1 atom stereocenters.